The van der Waals surface area contributed by atoms with Crippen molar-refractivity contribution in [1.29, 1.82) is 0 Å². The molecule has 8 nitrogen and oxygen atoms in total. The standard InChI is InChI=1S/C16H24N4O4/c1-3-13(11-21)18-6-8-19(9-7-18)14-5-4-12(16(22)17-2)10-15(14)20(23)24/h4-5,10,13,21H,3,6-9,11H2,1-2H3,(H,17,22). The van der Waals surface area contributed by atoms with Crippen LogP contribution in [0.25, 0.3) is 0 Å². The summed E-state index contributed by atoms with van der Waals surface area (Å²) >= 11 is 0. The van der Waals surface area contributed by atoms with E-state index in [1.165, 1.54) is 13.1 Å². The van der Waals surface area contributed by atoms with Gasteiger partial charge in [-0.2, -0.15) is 0 Å². The summed E-state index contributed by atoms with van der Waals surface area (Å²) in [6.45, 7) is 4.95. The Hall–Kier alpha value is -2.19. The van der Waals surface area contributed by atoms with Crippen molar-refractivity contribution in [2.75, 3.05) is 44.7 Å². The van der Waals surface area contributed by atoms with E-state index >= 15 is 0 Å². The van der Waals surface area contributed by atoms with E-state index in [0.29, 0.717) is 18.8 Å². The zero-order chi connectivity index (χ0) is 17.7. The number of nitro groups is 1. The zero-order valence-corrected chi connectivity index (χ0v) is 14.1. The molecule has 0 radical (unpaired) electrons. The lowest BCUT2D eigenvalue weighted by atomic mass is 10.1. The lowest BCUT2D eigenvalue weighted by Crippen LogP contribution is -2.51. The molecule has 1 heterocycles. The Balaban J connectivity index is 2.18. The molecule has 0 bridgehead atoms. The van der Waals surface area contributed by atoms with Crippen LogP contribution in [0.2, 0.25) is 0 Å². The van der Waals surface area contributed by atoms with Crippen LogP contribution in [-0.2, 0) is 0 Å². The maximum Gasteiger partial charge on any atom is 0.293 e. The van der Waals surface area contributed by atoms with Crippen LogP contribution in [0.15, 0.2) is 18.2 Å². The monoisotopic (exact) mass is 336 g/mol. The summed E-state index contributed by atoms with van der Waals surface area (Å²) in [4.78, 5) is 26.8. The first-order valence-electron chi connectivity index (χ1n) is 8.12. The van der Waals surface area contributed by atoms with Crippen molar-refractivity contribution in [3.05, 3.63) is 33.9 Å². The molecular formula is C16H24N4O4. The molecule has 1 aromatic carbocycles. The van der Waals surface area contributed by atoms with Crippen molar-refractivity contribution in [2.45, 2.75) is 19.4 Å². The molecule has 1 fully saturated rings. The Kier molecular flexibility index (Phi) is 6.10. The van der Waals surface area contributed by atoms with Gasteiger partial charge >= 0.3 is 0 Å². The van der Waals surface area contributed by atoms with Crippen molar-refractivity contribution in [3.8, 4) is 0 Å². The average molecular weight is 336 g/mol. The molecule has 132 valence electrons. The Labute approximate surface area is 141 Å². The number of nitro benzene ring substituents is 1. The summed E-state index contributed by atoms with van der Waals surface area (Å²) in [5.41, 5.74) is 0.751. The molecule has 1 aromatic rings. The van der Waals surface area contributed by atoms with Crippen molar-refractivity contribution in [3.63, 3.8) is 0 Å². The fourth-order valence-electron chi connectivity index (χ4n) is 3.05. The second kappa shape index (κ2) is 8.07. The van der Waals surface area contributed by atoms with Gasteiger partial charge in [0, 0.05) is 50.9 Å². The second-order valence-corrected chi connectivity index (χ2v) is 5.81. The Morgan fingerprint density at radius 2 is 2.04 bits per heavy atom. The maximum atomic E-state index is 11.7. The van der Waals surface area contributed by atoms with Gasteiger partial charge in [-0.3, -0.25) is 19.8 Å². The Morgan fingerprint density at radius 1 is 1.38 bits per heavy atom. The van der Waals surface area contributed by atoms with Crippen LogP contribution in [0.3, 0.4) is 0 Å². The molecule has 1 atom stereocenters. The number of aliphatic hydroxyl groups excluding tert-OH is 1. The topological polar surface area (TPSA) is 99.0 Å². The molecule has 1 aliphatic heterocycles. The highest BCUT2D eigenvalue weighted by Gasteiger charge is 2.27. The minimum Gasteiger partial charge on any atom is -0.395 e. The molecule has 1 saturated heterocycles. The first-order valence-corrected chi connectivity index (χ1v) is 8.12. The number of anilines is 1. The predicted molar refractivity (Wildman–Crippen MR) is 91.4 cm³/mol. The van der Waals surface area contributed by atoms with Crippen LogP contribution in [0, 0.1) is 10.1 Å². The normalized spacial score (nSPS) is 16.7. The van der Waals surface area contributed by atoms with E-state index in [1.54, 1.807) is 12.1 Å². The molecule has 0 aliphatic carbocycles. The molecular weight excluding hydrogens is 312 g/mol. The Bertz CT molecular complexity index is 596. The van der Waals surface area contributed by atoms with Gasteiger partial charge in [-0.05, 0) is 18.6 Å². The van der Waals surface area contributed by atoms with Gasteiger partial charge in [0.05, 0.1) is 11.5 Å². The van der Waals surface area contributed by atoms with Crippen LogP contribution in [0.5, 0.6) is 0 Å². The predicted octanol–water partition coefficient (Wildman–Crippen LogP) is 0.847. The number of carbonyl (C=O) groups excluding carboxylic acids is 1. The summed E-state index contributed by atoms with van der Waals surface area (Å²) in [6.07, 6.45) is 0.872. The first kappa shape index (κ1) is 18.2. The summed E-state index contributed by atoms with van der Waals surface area (Å²) in [7, 11) is 1.49. The van der Waals surface area contributed by atoms with E-state index in [1.807, 2.05) is 11.8 Å². The van der Waals surface area contributed by atoms with Gasteiger partial charge in [0.1, 0.15) is 5.69 Å². The number of carbonyl (C=O) groups is 1. The van der Waals surface area contributed by atoms with E-state index in [-0.39, 0.29) is 29.8 Å². The van der Waals surface area contributed by atoms with E-state index in [0.717, 1.165) is 19.5 Å². The van der Waals surface area contributed by atoms with Crippen LogP contribution in [-0.4, -0.2) is 66.7 Å². The van der Waals surface area contributed by atoms with Gasteiger partial charge in [0.15, 0.2) is 0 Å². The number of hydrogen-bond acceptors (Lipinski definition) is 6. The second-order valence-electron chi connectivity index (χ2n) is 5.81. The molecule has 0 spiro atoms. The van der Waals surface area contributed by atoms with Crippen molar-refractivity contribution >= 4 is 17.3 Å². The summed E-state index contributed by atoms with van der Waals surface area (Å²) in [5.74, 6) is -0.344. The number of amides is 1. The van der Waals surface area contributed by atoms with Crippen LogP contribution < -0.4 is 10.2 Å². The summed E-state index contributed by atoms with van der Waals surface area (Å²) in [5, 5.41) is 23.3. The highest BCUT2D eigenvalue weighted by atomic mass is 16.6. The number of piperazine rings is 1. The van der Waals surface area contributed by atoms with Gasteiger partial charge in [-0.1, -0.05) is 6.92 Å². The van der Waals surface area contributed by atoms with Crippen LogP contribution in [0.1, 0.15) is 23.7 Å². The number of aliphatic hydroxyl groups is 1. The first-order chi connectivity index (χ1) is 11.5. The fourth-order valence-corrected chi connectivity index (χ4v) is 3.05. The third kappa shape index (κ3) is 3.82. The fraction of sp³-hybridized carbons (Fsp3) is 0.562. The van der Waals surface area contributed by atoms with E-state index in [2.05, 4.69) is 10.2 Å². The highest BCUT2D eigenvalue weighted by molar-refractivity contribution is 5.95. The minimum absolute atomic E-state index is 0.0567. The molecule has 8 heteroatoms. The largest absolute Gasteiger partial charge is 0.395 e. The molecule has 0 aromatic heterocycles. The molecule has 1 unspecified atom stereocenters. The number of rotatable bonds is 6. The van der Waals surface area contributed by atoms with E-state index < -0.39 is 4.92 Å². The number of nitrogens with zero attached hydrogens (tertiary/aromatic N) is 3. The molecule has 1 amide bonds. The minimum atomic E-state index is -0.448. The van der Waals surface area contributed by atoms with Crippen molar-refractivity contribution in [1.82, 2.24) is 10.2 Å². The smallest absolute Gasteiger partial charge is 0.293 e. The number of benzene rings is 1. The van der Waals surface area contributed by atoms with Gasteiger partial charge in [-0.15, -0.1) is 0 Å². The molecule has 2 N–H and O–H groups in total. The van der Waals surface area contributed by atoms with Crippen molar-refractivity contribution in [2.24, 2.45) is 0 Å². The molecule has 24 heavy (non-hydrogen) atoms. The van der Waals surface area contributed by atoms with Gasteiger partial charge in [0.2, 0.25) is 0 Å². The molecule has 0 saturated carbocycles. The highest BCUT2D eigenvalue weighted by Crippen LogP contribution is 2.30. The third-order valence-electron chi connectivity index (χ3n) is 4.51. The molecule has 2 rings (SSSR count). The lowest BCUT2D eigenvalue weighted by Gasteiger charge is -2.39. The van der Waals surface area contributed by atoms with Crippen molar-refractivity contribution < 1.29 is 14.8 Å². The van der Waals surface area contributed by atoms with E-state index in [9.17, 15) is 20.0 Å². The quantitative estimate of drug-likeness (QED) is 0.590. The van der Waals surface area contributed by atoms with Gasteiger partial charge in [-0.25, -0.2) is 0 Å². The van der Waals surface area contributed by atoms with Crippen LogP contribution in [0.4, 0.5) is 11.4 Å². The SMILES string of the molecule is CCC(CO)N1CCN(c2ccc(C(=O)NC)cc2[N+](=O)[O-])CC1. The third-order valence-corrected chi connectivity index (χ3v) is 4.51. The van der Waals surface area contributed by atoms with Gasteiger partial charge < -0.3 is 15.3 Å². The zero-order valence-electron chi connectivity index (χ0n) is 14.1. The maximum absolute atomic E-state index is 11.7. The van der Waals surface area contributed by atoms with E-state index in [4.69, 9.17) is 0 Å². The average Bonchev–Trinajstić information content (AvgIpc) is 2.62. The lowest BCUT2D eigenvalue weighted by molar-refractivity contribution is -0.384. The molecule has 1 aliphatic rings. The number of hydrogen-bond donors (Lipinski definition) is 2. The van der Waals surface area contributed by atoms with Gasteiger partial charge in [0.25, 0.3) is 11.6 Å². The number of nitrogens with one attached hydrogen (secondary N) is 1. The summed E-state index contributed by atoms with van der Waals surface area (Å²) in [6, 6.07) is 4.71. The Morgan fingerprint density at radius 3 is 2.54 bits per heavy atom. The summed E-state index contributed by atoms with van der Waals surface area (Å²) < 4.78 is 0. The van der Waals surface area contributed by atoms with Crippen LogP contribution >= 0.6 is 0 Å².